The van der Waals surface area contributed by atoms with Crippen LogP contribution >= 0.6 is 12.4 Å². The minimum atomic E-state index is -0.358. The van der Waals surface area contributed by atoms with Gasteiger partial charge in [0.15, 0.2) is 0 Å². The molecule has 0 amide bonds. The summed E-state index contributed by atoms with van der Waals surface area (Å²) in [6.45, 7) is 6.16. The second kappa shape index (κ2) is 7.87. The maximum atomic E-state index is 10.5. The van der Waals surface area contributed by atoms with Crippen LogP contribution < -0.4 is 9.47 Å². The Bertz CT molecular complexity index is 463. The summed E-state index contributed by atoms with van der Waals surface area (Å²) in [5.74, 6) is 1.74. The Morgan fingerprint density at radius 1 is 1.05 bits per heavy atom. The average molecular weight is 316 g/mol. The number of rotatable bonds is 5. The first kappa shape index (κ1) is 18.1. The second-order valence-corrected chi connectivity index (χ2v) is 5.19. The van der Waals surface area contributed by atoms with Crippen molar-refractivity contribution in [2.45, 2.75) is 38.8 Å². The van der Waals surface area contributed by atoms with E-state index in [1.54, 1.807) is 14.2 Å². The van der Waals surface area contributed by atoms with Gasteiger partial charge in [0.05, 0.1) is 20.3 Å². The zero-order valence-electron chi connectivity index (χ0n) is 13.3. The Hall–Kier alpha value is -0.970. The molecule has 0 saturated carbocycles. The maximum Gasteiger partial charge on any atom is 0.122 e. The number of hydrogen-bond acceptors (Lipinski definition) is 4. The van der Waals surface area contributed by atoms with Crippen LogP contribution in [0, 0.1) is 0 Å². The van der Waals surface area contributed by atoms with Crippen LogP contribution in [0.15, 0.2) is 12.1 Å². The van der Waals surface area contributed by atoms with Crippen molar-refractivity contribution >= 4 is 12.4 Å². The third-order valence-corrected chi connectivity index (χ3v) is 4.34. The van der Waals surface area contributed by atoms with Crippen molar-refractivity contribution in [3.8, 4) is 11.5 Å². The van der Waals surface area contributed by atoms with Crippen LogP contribution in [-0.2, 0) is 12.8 Å². The van der Waals surface area contributed by atoms with Gasteiger partial charge in [0, 0.05) is 23.6 Å². The molecule has 0 spiro atoms. The SMILES string of the molecule is CCN(CC)C1Cc2c(OC)ccc(OC)c2CC1O.Cl. The van der Waals surface area contributed by atoms with Crippen LogP contribution in [0.2, 0.25) is 0 Å². The Morgan fingerprint density at radius 3 is 1.95 bits per heavy atom. The Balaban J connectivity index is 0.00000220. The standard InChI is InChI=1S/C16H25NO3.ClH/c1-5-17(6-2)13-9-11-12(10-14(13)18)16(20-4)8-7-15(11)19-3;/h7-8,13-14,18H,5-6,9-10H2,1-4H3;1H. The predicted molar refractivity (Wildman–Crippen MR) is 86.9 cm³/mol. The first-order chi connectivity index (χ1) is 9.65. The van der Waals surface area contributed by atoms with Gasteiger partial charge in [0.25, 0.3) is 0 Å². The third kappa shape index (κ3) is 3.44. The minimum Gasteiger partial charge on any atom is -0.496 e. The van der Waals surface area contributed by atoms with Crippen molar-refractivity contribution in [3.63, 3.8) is 0 Å². The number of likely N-dealkylation sites (N-methyl/N-ethyl adjacent to an activating group) is 1. The summed E-state index contributed by atoms with van der Waals surface area (Å²) in [5.41, 5.74) is 2.26. The van der Waals surface area contributed by atoms with Gasteiger partial charge in [-0.25, -0.2) is 0 Å². The van der Waals surface area contributed by atoms with Crippen LogP contribution in [0.25, 0.3) is 0 Å². The van der Waals surface area contributed by atoms with E-state index in [9.17, 15) is 5.11 Å². The number of nitrogens with zero attached hydrogens (tertiary/aromatic N) is 1. The van der Waals surface area contributed by atoms with Crippen LogP contribution in [0.1, 0.15) is 25.0 Å². The van der Waals surface area contributed by atoms with E-state index in [1.807, 2.05) is 12.1 Å². The monoisotopic (exact) mass is 315 g/mol. The first-order valence-corrected chi connectivity index (χ1v) is 7.31. The summed E-state index contributed by atoms with van der Waals surface area (Å²) in [4.78, 5) is 2.31. The fraction of sp³-hybridized carbons (Fsp3) is 0.625. The highest BCUT2D eigenvalue weighted by atomic mass is 35.5. The quantitative estimate of drug-likeness (QED) is 0.905. The minimum absolute atomic E-state index is 0. The van der Waals surface area contributed by atoms with Crippen molar-refractivity contribution in [2.24, 2.45) is 0 Å². The average Bonchev–Trinajstić information content (AvgIpc) is 2.47. The lowest BCUT2D eigenvalue weighted by Gasteiger charge is -2.38. The summed E-state index contributed by atoms with van der Waals surface area (Å²) in [5, 5.41) is 10.5. The van der Waals surface area contributed by atoms with Crippen molar-refractivity contribution in [1.82, 2.24) is 4.90 Å². The molecule has 1 aliphatic rings. The molecule has 1 aromatic carbocycles. The Kier molecular flexibility index (Phi) is 6.78. The molecule has 2 rings (SSSR count). The molecule has 0 fully saturated rings. The van der Waals surface area contributed by atoms with Gasteiger partial charge in [0.2, 0.25) is 0 Å². The number of benzene rings is 1. The van der Waals surface area contributed by atoms with E-state index in [4.69, 9.17) is 9.47 Å². The van der Waals surface area contributed by atoms with Crippen LogP contribution in [0.5, 0.6) is 11.5 Å². The lowest BCUT2D eigenvalue weighted by Crippen LogP contribution is -2.48. The van der Waals surface area contributed by atoms with Gasteiger partial charge < -0.3 is 14.6 Å². The van der Waals surface area contributed by atoms with E-state index in [1.165, 1.54) is 5.56 Å². The van der Waals surface area contributed by atoms with E-state index < -0.39 is 0 Å². The van der Waals surface area contributed by atoms with Crippen LogP contribution in [0.4, 0.5) is 0 Å². The fourth-order valence-electron chi connectivity index (χ4n) is 3.24. The first-order valence-electron chi connectivity index (χ1n) is 7.31. The van der Waals surface area contributed by atoms with Gasteiger partial charge in [-0.1, -0.05) is 13.8 Å². The summed E-state index contributed by atoms with van der Waals surface area (Å²) in [6.07, 6.45) is 1.07. The fourth-order valence-corrected chi connectivity index (χ4v) is 3.24. The largest absolute Gasteiger partial charge is 0.496 e. The molecule has 2 unspecified atom stereocenters. The van der Waals surface area contributed by atoms with Gasteiger partial charge in [0.1, 0.15) is 11.5 Å². The van der Waals surface area contributed by atoms with Gasteiger partial charge in [-0.05, 0) is 31.6 Å². The molecule has 2 atom stereocenters. The molecule has 4 nitrogen and oxygen atoms in total. The number of fused-ring (bicyclic) bond motifs is 1. The zero-order chi connectivity index (χ0) is 14.7. The molecule has 0 bridgehead atoms. The number of methoxy groups -OCH3 is 2. The molecule has 0 saturated heterocycles. The molecule has 0 radical (unpaired) electrons. The van der Waals surface area contributed by atoms with E-state index in [0.29, 0.717) is 6.42 Å². The number of aliphatic hydroxyl groups is 1. The molecule has 0 aliphatic heterocycles. The van der Waals surface area contributed by atoms with Crippen LogP contribution in [0.3, 0.4) is 0 Å². The smallest absolute Gasteiger partial charge is 0.122 e. The lowest BCUT2D eigenvalue weighted by molar-refractivity contribution is 0.0469. The van der Waals surface area contributed by atoms with Crippen molar-refractivity contribution in [3.05, 3.63) is 23.3 Å². The van der Waals surface area contributed by atoms with Gasteiger partial charge in [-0.15, -0.1) is 12.4 Å². The number of hydrogen-bond donors (Lipinski definition) is 1. The van der Waals surface area contributed by atoms with E-state index >= 15 is 0 Å². The summed E-state index contributed by atoms with van der Waals surface area (Å²) in [6, 6.07) is 4.02. The molecule has 1 aliphatic carbocycles. The Morgan fingerprint density at radius 2 is 1.52 bits per heavy atom. The van der Waals surface area contributed by atoms with Crippen LogP contribution in [-0.4, -0.2) is 49.5 Å². The molecular formula is C16H26ClNO3. The van der Waals surface area contributed by atoms with Crippen molar-refractivity contribution in [2.75, 3.05) is 27.3 Å². The maximum absolute atomic E-state index is 10.5. The molecular weight excluding hydrogens is 290 g/mol. The number of halogens is 1. The van der Waals surface area contributed by atoms with Gasteiger partial charge >= 0.3 is 0 Å². The third-order valence-electron chi connectivity index (χ3n) is 4.34. The molecule has 5 heteroatoms. The summed E-state index contributed by atoms with van der Waals surface area (Å²) < 4.78 is 10.9. The second-order valence-electron chi connectivity index (χ2n) is 5.19. The topological polar surface area (TPSA) is 41.9 Å². The number of aliphatic hydroxyl groups excluding tert-OH is 1. The van der Waals surface area contributed by atoms with Crippen molar-refractivity contribution in [1.29, 1.82) is 0 Å². The molecule has 1 N–H and O–H groups in total. The normalized spacial score (nSPS) is 20.7. The molecule has 0 heterocycles. The summed E-state index contributed by atoms with van der Waals surface area (Å²) >= 11 is 0. The molecule has 0 aromatic heterocycles. The Labute approximate surface area is 133 Å². The number of ether oxygens (including phenoxy) is 2. The molecule has 120 valence electrons. The molecule has 21 heavy (non-hydrogen) atoms. The summed E-state index contributed by atoms with van der Waals surface area (Å²) in [7, 11) is 3.37. The lowest BCUT2D eigenvalue weighted by atomic mass is 9.84. The zero-order valence-corrected chi connectivity index (χ0v) is 14.1. The predicted octanol–water partition coefficient (Wildman–Crippen LogP) is 2.30. The highest BCUT2D eigenvalue weighted by Gasteiger charge is 2.33. The van der Waals surface area contributed by atoms with Gasteiger partial charge in [-0.3, -0.25) is 4.90 Å². The van der Waals surface area contributed by atoms with Crippen molar-refractivity contribution < 1.29 is 14.6 Å². The molecule has 1 aromatic rings. The van der Waals surface area contributed by atoms with Gasteiger partial charge in [-0.2, -0.15) is 0 Å². The highest BCUT2D eigenvalue weighted by Crippen LogP contribution is 2.37. The highest BCUT2D eigenvalue weighted by molar-refractivity contribution is 5.85. The van der Waals surface area contributed by atoms with E-state index in [0.717, 1.165) is 36.6 Å². The van der Waals surface area contributed by atoms with E-state index in [-0.39, 0.29) is 24.6 Å². The van der Waals surface area contributed by atoms with E-state index in [2.05, 4.69) is 18.7 Å².